The second kappa shape index (κ2) is 3.69. The first kappa shape index (κ1) is 11.0. The van der Waals surface area contributed by atoms with Gasteiger partial charge in [0.05, 0.1) is 6.61 Å². The zero-order valence-electron chi connectivity index (χ0n) is 10.6. The maximum atomic E-state index is 5.60. The molecule has 3 nitrogen and oxygen atoms in total. The number of hydrogen-bond donors (Lipinski definition) is 1. The van der Waals surface area contributed by atoms with Gasteiger partial charge in [-0.3, -0.25) is 4.90 Å². The van der Waals surface area contributed by atoms with E-state index in [-0.39, 0.29) is 0 Å². The molecule has 2 aliphatic heterocycles. The maximum Gasteiger partial charge on any atom is 0.0648 e. The number of rotatable bonds is 2. The molecule has 2 unspecified atom stereocenters. The van der Waals surface area contributed by atoms with E-state index in [1.54, 1.807) is 0 Å². The first-order chi connectivity index (χ1) is 7.62. The monoisotopic (exact) mass is 224 g/mol. The minimum atomic E-state index is 0.304. The van der Waals surface area contributed by atoms with E-state index in [9.17, 15) is 0 Å². The molecule has 16 heavy (non-hydrogen) atoms. The van der Waals surface area contributed by atoms with Crippen molar-refractivity contribution >= 4 is 0 Å². The highest BCUT2D eigenvalue weighted by Crippen LogP contribution is 2.42. The van der Waals surface area contributed by atoms with Gasteiger partial charge < -0.3 is 10.1 Å². The van der Waals surface area contributed by atoms with E-state index in [2.05, 4.69) is 24.1 Å². The van der Waals surface area contributed by atoms with Gasteiger partial charge in [0.2, 0.25) is 0 Å². The van der Waals surface area contributed by atoms with Crippen molar-refractivity contribution in [2.45, 2.75) is 44.2 Å². The van der Waals surface area contributed by atoms with Gasteiger partial charge in [0.15, 0.2) is 0 Å². The van der Waals surface area contributed by atoms with Gasteiger partial charge in [-0.15, -0.1) is 0 Å². The van der Waals surface area contributed by atoms with Crippen LogP contribution in [0.1, 0.15) is 33.1 Å². The summed E-state index contributed by atoms with van der Waals surface area (Å²) in [5, 5.41) is 3.75. The number of ether oxygens (including phenoxy) is 1. The summed E-state index contributed by atoms with van der Waals surface area (Å²) >= 11 is 0. The third kappa shape index (κ3) is 1.79. The third-order valence-electron chi connectivity index (χ3n) is 4.87. The van der Waals surface area contributed by atoms with Crippen LogP contribution >= 0.6 is 0 Å². The second-order valence-electron chi connectivity index (χ2n) is 6.34. The Bertz CT molecular complexity index is 271. The number of nitrogens with one attached hydrogen (secondary N) is 1. The maximum absolute atomic E-state index is 5.60. The summed E-state index contributed by atoms with van der Waals surface area (Å²) in [6, 6.07) is 0. The van der Waals surface area contributed by atoms with Crippen molar-refractivity contribution in [1.82, 2.24) is 10.2 Å². The molecule has 0 amide bonds. The van der Waals surface area contributed by atoms with Crippen LogP contribution in [0.2, 0.25) is 0 Å². The SMILES string of the molecule is CC1(C2CC2)CN(C2(C)CCOC2)CCN1. The molecule has 3 aliphatic rings. The van der Waals surface area contributed by atoms with Crippen LogP contribution in [0.3, 0.4) is 0 Å². The molecular formula is C13H24N2O. The second-order valence-corrected chi connectivity index (χ2v) is 6.34. The molecule has 0 aromatic heterocycles. The molecule has 2 heterocycles. The van der Waals surface area contributed by atoms with Crippen LogP contribution in [-0.4, -0.2) is 48.8 Å². The topological polar surface area (TPSA) is 24.5 Å². The highest BCUT2D eigenvalue weighted by Gasteiger charge is 2.47. The van der Waals surface area contributed by atoms with Crippen LogP contribution in [0.4, 0.5) is 0 Å². The highest BCUT2D eigenvalue weighted by molar-refractivity contribution is 5.05. The van der Waals surface area contributed by atoms with Gasteiger partial charge in [-0.2, -0.15) is 0 Å². The molecule has 0 spiro atoms. The van der Waals surface area contributed by atoms with Crippen LogP contribution in [0.25, 0.3) is 0 Å². The van der Waals surface area contributed by atoms with Gasteiger partial charge in [0.1, 0.15) is 0 Å². The fraction of sp³-hybridized carbons (Fsp3) is 1.00. The standard InChI is InChI=1S/C13H24N2O/c1-12(5-8-16-10-12)15-7-6-14-13(2,9-15)11-3-4-11/h11,14H,3-10H2,1-2H3. The lowest BCUT2D eigenvalue weighted by Crippen LogP contribution is -2.65. The van der Waals surface area contributed by atoms with Gasteiger partial charge >= 0.3 is 0 Å². The van der Waals surface area contributed by atoms with Crippen molar-refractivity contribution in [3.63, 3.8) is 0 Å². The predicted octanol–water partition coefficient (Wildman–Crippen LogP) is 1.24. The summed E-state index contributed by atoms with van der Waals surface area (Å²) in [7, 11) is 0. The molecule has 3 heteroatoms. The summed E-state index contributed by atoms with van der Waals surface area (Å²) in [6.07, 6.45) is 4.04. The average Bonchev–Trinajstić information content (AvgIpc) is 3.03. The molecule has 1 N–H and O–H groups in total. The highest BCUT2D eigenvalue weighted by atomic mass is 16.5. The summed E-state index contributed by atoms with van der Waals surface area (Å²) < 4.78 is 5.60. The van der Waals surface area contributed by atoms with Crippen molar-refractivity contribution in [1.29, 1.82) is 0 Å². The molecule has 3 rings (SSSR count). The summed E-state index contributed by atoms with van der Waals surface area (Å²) in [5.41, 5.74) is 0.669. The number of piperazine rings is 1. The molecule has 0 bridgehead atoms. The average molecular weight is 224 g/mol. The van der Waals surface area contributed by atoms with E-state index in [0.29, 0.717) is 11.1 Å². The zero-order valence-corrected chi connectivity index (χ0v) is 10.6. The molecule has 0 aromatic carbocycles. The minimum absolute atomic E-state index is 0.304. The van der Waals surface area contributed by atoms with Gasteiger partial charge in [0.25, 0.3) is 0 Å². The molecule has 1 aliphatic carbocycles. The lowest BCUT2D eigenvalue weighted by Gasteiger charge is -2.48. The zero-order chi connectivity index (χ0) is 11.2. The van der Waals surface area contributed by atoms with Gasteiger partial charge in [-0.1, -0.05) is 0 Å². The molecule has 0 aromatic rings. The first-order valence-corrected chi connectivity index (χ1v) is 6.70. The Labute approximate surface area is 98.5 Å². The van der Waals surface area contributed by atoms with Crippen molar-refractivity contribution in [3.05, 3.63) is 0 Å². The molecule has 2 saturated heterocycles. The van der Waals surface area contributed by atoms with Crippen molar-refractivity contribution in [3.8, 4) is 0 Å². The van der Waals surface area contributed by atoms with Crippen LogP contribution in [0, 0.1) is 5.92 Å². The Morgan fingerprint density at radius 2 is 2.12 bits per heavy atom. The largest absolute Gasteiger partial charge is 0.379 e. The summed E-state index contributed by atoms with van der Waals surface area (Å²) in [5.74, 6) is 0.918. The molecular weight excluding hydrogens is 200 g/mol. The molecule has 1 saturated carbocycles. The Balaban J connectivity index is 1.71. The Kier molecular flexibility index (Phi) is 2.54. The molecule has 0 radical (unpaired) electrons. The van der Waals surface area contributed by atoms with Crippen LogP contribution in [-0.2, 0) is 4.74 Å². The van der Waals surface area contributed by atoms with E-state index < -0.39 is 0 Å². The molecule has 2 atom stereocenters. The van der Waals surface area contributed by atoms with E-state index in [1.807, 2.05) is 0 Å². The Hall–Kier alpha value is -0.120. The quantitative estimate of drug-likeness (QED) is 0.764. The molecule has 92 valence electrons. The fourth-order valence-electron chi connectivity index (χ4n) is 3.37. The lowest BCUT2D eigenvalue weighted by atomic mass is 9.88. The first-order valence-electron chi connectivity index (χ1n) is 6.70. The van der Waals surface area contributed by atoms with Gasteiger partial charge in [-0.25, -0.2) is 0 Å². The lowest BCUT2D eigenvalue weighted by molar-refractivity contribution is 0.0251. The van der Waals surface area contributed by atoms with Crippen LogP contribution in [0.5, 0.6) is 0 Å². The minimum Gasteiger partial charge on any atom is -0.379 e. The van der Waals surface area contributed by atoms with E-state index in [1.165, 1.54) is 32.4 Å². The van der Waals surface area contributed by atoms with Crippen molar-refractivity contribution < 1.29 is 4.74 Å². The normalized spacial score (nSPS) is 46.1. The fourth-order valence-corrected chi connectivity index (χ4v) is 3.37. The summed E-state index contributed by atoms with van der Waals surface area (Å²) in [4.78, 5) is 2.68. The van der Waals surface area contributed by atoms with Crippen LogP contribution < -0.4 is 5.32 Å². The van der Waals surface area contributed by atoms with Crippen LogP contribution in [0.15, 0.2) is 0 Å². The van der Waals surface area contributed by atoms with Gasteiger partial charge in [0, 0.05) is 37.3 Å². The van der Waals surface area contributed by atoms with Crippen molar-refractivity contribution in [2.24, 2.45) is 5.92 Å². The van der Waals surface area contributed by atoms with Gasteiger partial charge in [-0.05, 0) is 39.0 Å². The van der Waals surface area contributed by atoms with E-state index >= 15 is 0 Å². The summed E-state index contributed by atoms with van der Waals surface area (Å²) in [6.45, 7) is 10.2. The predicted molar refractivity (Wildman–Crippen MR) is 64.5 cm³/mol. The van der Waals surface area contributed by atoms with E-state index in [0.717, 1.165) is 25.7 Å². The Morgan fingerprint density at radius 1 is 1.31 bits per heavy atom. The number of nitrogens with zero attached hydrogens (tertiary/aromatic N) is 1. The third-order valence-corrected chi connectivity index (χ3v) is 4.87. The molecule has 3 fully saturated rings. The number of hydrogen-bond acceptors (Lipinski definition) is 3. The Morgan fingerprint density at radius 3 is 2.75 bits per heavy atom. The van der Waals surface area contributed by atoms with E-state index in [4.69, 9.17) is 4.74 Å². The van der Waals surface area contributed by atoms with Crippen molar-refractivity contribution in [2.75, 3.05) is 32.8 Å². The smallest absolute Gasteiger partial charge is 0.0648 e.